The molecule has 0 saturated carbocycles. The van der Waals surface area contributed by atoms with E-state index in [1.807, 2.05) is 24.3 Å². The molecule has 0 fully saturated rings. The molecule has 1 aliphatic rings. The Hall–Kier alpha value is -2.75. The van der Waals surface area contributed by atoms with Crippen molar-refractivity contribution in [2.45, 2.75) is 51.4 Å². The van der Waals surface area contributed by atoms with E-state index < -0.39 is 0 Å². The second-order valence-electron chi connectivity index (χ2n) is 9.16. The van der Waals surface area contributed by atoms with Gasteiger partial charge in [-0.2, -0.15) is 0 Å². The van der Waals surface area contributed by atoms with Crippen LogP contribution in [-0.4, -0.2) is 27.3 Å². The third-order valence-electron chi connectivity index (χ3n) is 6.26. The number of rotatable bonds is 5. The Kier molecular flexibility index (Phi) is 5.98. The number of carbonyl (C=O) groups is 1. The Balaban J connectivity index is 2.11. The predicted octanol–water partition coefficient (Wildman–Crippen LogP) is 6.01. The number of esters is 1. The number of hydrogen-bond acceptors (Lipinski definition) is 4. The number of fused-ring (bicyclic) bond motifs is 1. The fourth-order valence-corrected chi connectivity index (χ4v) is 4.31. The lowest BCUT2D eigenvalue weighted by molar-refractivity contribution is 0.0600. The van der Waals surface area contributed by atoms with Gasteiger partial charge in [0.15, 0.2) is 0 Å². The lowest BCUT2D eigenvalue weighted by atomic mass is 9.62. The highest BCUT2D eigenvalue weighted by molar-refractivity contribution is 5.89. The molecule has 0 radical (unpaired) electrons. The fourth-order valence-electron chi connectivity index (χ4n) is 4.31. The van der Waals surface area contributed by atoms with Crippen molar-refractivity contribution in [1.29, 1.82) is 0 Å². The Morgan fingerprint density at radius 1 is 0.900 bits per heavy atom. The average Bonchev–Trinajstić information content (AvgIpc) is 2.74. The summed E-state index contributed by atoms with van der Waals surface area (Å²) in [5, 5.41) is 0. The summed E-state index contributed by atoms with van der Waals surface area (Å²) in [6.07, 6.45) is 6.27. The standard InChI is InChI=1S/C26H32O4/c1-25(2)14-15-26(3,4)22-20(25)16-21(28-5)19(23(22)29-6)13-10-17-8-11-18(12-9-17)24(27)30-7/h8-13,16H,14-15H2,1-7H3/b13-10+. The van der Waals surface area contributed by atoms with Gasteiger partial charge >= 0.3 is 5.97 Å². The lowest BCUT2D eigenvalue weighted by Crippen LogP contribution is -2.34. The molecular formula is C26H32O4. The van der Waals surface area contributed by atoms with Crippen LogP contribution >= 0.6 is 0 Å². The van der Waals surface area contributed by atoms with Gasteiger partial charge in [-0.1, -0.05) is 45.9 Å². The zero-order valence-corrected chi connectivity index (χ0v) is 19.1. The molecule has 0 N–H and O–H groups in total. The Morgan fingerprint density at radius 3 is 2.10 bits per heavy atom. The third kappa shape index (κ3) is 3.96. The van der Waals surface area contributed by atoms with Gasteiger partial charge in [0, 0.05) is 5.56 Å². The van der Waals surface area contributed by atoms with E-state index in [4.69, 9.17) is 14.2 Å². The molecule has 0 amide bonds. The minimum Gasteiger partial charge on any atom is -0.496 e. The molecule has 4 heteroatoms. The summed E-state index contributed by atoms with van der Waals surface area (Å²) in [5.74, 6) is 1.34. The molecule has 160 valence electrons. The average molecular weight is 409 g/mol. The fraction of sp³-hybridized carbons (Fsp3) is 0.423. The first-order chi connectivity index (χ1) is 14.1. The normalized spacial score (nSPS) is 16.8. The van der Waals surface area contributed by atoms with Gasteiger partial charge in [-0.15, -0.1) is 0 Å². The van der Waals surface area contributed by atoms with Gasteiger partial charge in [-0.25, -0.2) is 4.79 Å². The van der Waals surface area contributed by atoms with Crippen molar-refractivity contribution in [2.75, 3.05) is 21.3 Å². The molecule has 0 heterocycles. The van der Waals surface area contributed by atoms with Gasteiger partial charge in [0.25, 0.3) is 0 Å². The highest BCUT2D eigenvalue weighted by Gasteiger charge is 2.40. The van der Waals surface area contributed by atoms with Gasteiger partial charge in [0.1, 0.15) is 11.5 Å². The smallest absolute Gasteiger partial charge is 0.337 e. The van der Waals surface area contributed by atoms with E-state index in [0.717, 1.165) is 35.5 Å². The van der Waals surface area contributed by atoms with Crippen LogP contribution in [-0.2, 0) is 15.6 Å². The molecule has 1 aliphatic carbocycles. The second-order valence-corrected chi connectivity index (χ2v) is 9.16. The summed E-state index contributed by atoms with van der Waals surface area (Å²) in [6.45, 7) is 9.15. The summed E-state index contributed by atoms with van der Waals surface area (Å²) in [4.78, 5) is 11.6. The quantitative estimate of drug-likeness (QED) is 0.449. The molecule has 4 nitrogen and oxygen atoms in total. The minimum absolute atomic E-state index is 0.0211. The number of ether oxygens (including phenoxy) is 3. The maximum Gasteiger partial charge on any atom is 0.337 e. The van der Waals surface area contributed by atoms with Crippen molar-refractivity contribution in [3.8, 4) is 11.5 Å². The van der Waals surface area contributed by atoms with E-state index in [9.17, 15) is 4.79 Å². The van der Waals surface area contributed by atoms with Crippen LogP contribution in [0.15, 0.2) is 30.3 Å². The lowest BCUT2D eigenvalue weighted by Gasteiger charge is -2.43. The summed E-state index contributed by atoms with van der Waals surface area (Å²) < 4.78 is 16.5. The molecule has 0 aromatic heterocycles. The summed E-state index contributed by atoms with van der Waals surface area (Å²) in [7, 11) is 4.81. The van der Waals surface area contributed by atoms with Gasteiger partial charge in [0.05, 0.1) is 32.5 Å². The Morgan fingerprint density at radius 2 is 1.53 bits per heavy atom. The first kappa shape index (κ1) is 21.9. The van der Waals surface area contributed by atoms with Crippen LogP contribution in [0.1, 0.15) is 73.1 Å². The predicted molar refractivity (Wildman–Crippen MR) is 122 cm³/mol. The SMILES string of the molecule is COC(=O)c1ccc(/C=C/c2c(OC)cc3c(c2OC)C(C)(C)CCC3(C)C)cc1. The van der Waals surface area contributed by atoms with E-state index in [-0.39, 0.29) is 16.8 Å². The van der Waals surface area contributed by atoms with Crippen LogP contribution in [0.3, 0.4) is 0 Å². The summed E-state index contributed by atoms with van der Waals surface area (Å²) >= 11 is 0. The molecule has 2 aromatic carbocycles. The third-order valence-corrected chi connectivity index (χ3v) is 6.26. The number of carbonyl (C=O) groups excluding carboxylic acids is 1. The molecule has 0 aliphatic heterocycles. The molecule has 0 atom stereocenters. The van der Waals surface area contributed by atoms with Gasteiger partial charge in [-0.05, 0) is 59.1 Å². The van der Waals surface area contributed by atoms with Crippen molar-refractivity contribution >= 4 is 18.1 Å². The van der Waals surface area contributed by atoms with Crippen LogP contribution < -0.4 is 9.47 Å². The highest BCUT2D eigenvalue weighted by Crippen LogP contribution is 2.52. The summed E-state index contributed by atoms with van der Waals surface area (Å²) in [5.41, 5.74) is 5.09. The molecule has 0 spiro atoms. The Bertz CT molecular complexity index is 966. The van der Waals surface area contributed by atoms with Crippen molar-refractivity contribution < 1.29 is 19.0 Å². The van der Waals surface area contributed by atoms with Gasteiger partial charge in [0.2, 0.25) is 0 Å². The maximum atomic E-state index is 11.6. The summed E-state index contributed by atoms with van der Waals surface area (Å²) in [6, 6.07) is 9.50. The van der Waals surface area contributed by atoms with E-state index in [1.54, 1.807) is 26.4 Å². The van der Waals surface area contributed by atoms with E-state index in [2.05, 4.69) is 33.8 Å². The van der Waals surface area contributed by atoms with Crippen LogP contribution in [0.25, 0.3) is 12.2 Å². The maximum absolute atomic E-state index is 11.6. The van der Waals surface area contributed by atoms with E-state index in [0.29, 0.717) is 5.56 Å². The number of hydrogen-bond donors (Lipinski definition) is 0. The highest BCUT2D eigenvalue weighted by atomic mass is 16.5. The molecule has 0 saturated heterocycles. The molecule has 0 bridgehead atoms. The monoisotopic (exact) mass is 408 g/mol. The van der Waals surface area contributed by atoms with Crippen LogP contribution in [0.2, 0.25) is 0 Å². The van der Waals surface area contributed by atoms with Crippen molar-refractivity contribution in [2.24, 2.45) is 0 Å². The molecule has 2 aromatic rings. The van der Waals surface area contributed by atoms with E-state index in [1.165, 1.54) is 18.2 Å². The van der Waals surface area contributed by atoms with Crippen molar-refractivity contribution in [1.82, 2.24) is 0 Å². The van der Waals surface area contributed by atoms with E-state index >= 15 is 0 Å². The first-order valence-electron chi connectivity index (χ1n) is 10.3. The van der Waals surface area contributed by atoms with Gasteiger partial charge < -0.3 is 14.2 Å². The minimum atomic E-state index is -0.339. The first-order valence-corrected chi connectivity index (χ1v) is 10.3. The zero-order chi connectivity index (χ0) is 22.1. The largest absolute Gasteiger partial charge is 0.496 e. The van der Waals surface area contributed by atoms with Crippen LogP contribution in [0, 0.1) is 0 Å². The molecular weight excluding hydrogens is 376 g/mol. The molecule has 0 unspecified atom stereocenters. The molecule has 3 rings (SSSR count). The second kappa shape index (κ2) is 8.17. The topological polar surface area (TPSA) is 44.8 Å². The van der Waals surface area contributed by atoms with Gasteiger partial charge in [-0.3, -0.25) is 0 Å². The van der Waals surface area contributed by atoms with Crippen molar-refractivity contribution in [3.05, 3.63) is 58.1 Å². The van der Waals surface area contributed by atoms with Crippen molar-refractivity contribution in [3.63, 3.8) is 0 Å². The van der Waals surface area contributed by atoms with Crippen LogP contribution in [0.4, 0.5) is 0 Å². The Labute approximate surface area is 179 Å². The van der Waals surface area contributed by atoms with Crippen LogP contribution in [0.5, 0.6) is 11.5 Å². The number of benzene rings is 2. The zero-order valence-electron chi connectivity index (χ0n) is 19.1. The number of methoxy groups -OCH3 is 3. The molecule has 30 heavy (non-hydrogen) atoms.